The molecule has 0 spiro atoms. The summed E-state index contributed by atoms with van der Waals surface area (Å²) in [4.78, 5) is 34.1. The molecule has 0 unspecified atom stereocenters. The zero-order valence-electron chi connectivity index (χ0n) is 27.1. The van der Waals surface area contributed by atoms with Crippen LogP contribution in [-0.2, 0) is 36.7 Å². The molecule has 1 heterocycles. The van der Waals surface area contributed by atoms with Crippen LogP contribution in [0.3, 0.4) is 0 Å². The summed E-state index contributed by atoms with van der Waals surface area (Å²) < 4.78 is 15.1. The highest BCUT2D eigenvalue weighted by atomic mass is 16.5. The molecule has 0 aliphatic carbocycles. The summed E-state index contributed by atoms with van der Waals surface area (Å²) in [6.07, 6.45) is 1.46. The fourth-order valence-electron chi connectivity index (χ4n) is 4.09. The van der Waals surface area contributed by atoms with Crippen molar-refractivity contribution < 1.29 is 28.6 Å². The van der Waals surface area contributed by atoms with Crippen LogP contribution in [0.2, 0.25) is 0 Å². The van der Waals surface area contributed by atoms with E-state index < -0.39 is 5.97 Å². The van der Waals surface area contributed by atoms with E-state index in [1.54, 1.807) is 13.8 Å². The number of ether oxygens (including phenoxy) is 3. The molecular formula is C38H40N4O6. The van der Waals surface area contributed by atoms with Crippen molar-refractivity contribution in [2.45, 2.75) is 33.1 Å². The third kappa shape index (κ3) is 14.0. The van der Waals surface area contributed by atoms with Gasteiger partial charge in [-0.1, -0.05) is 97.1 Å². The molecule has 1 aliphatic heterocycles. The Labute approximate surface area is 281 Å². The van der Waals surface area contributed by atoms with E-state index in [0.29, 0.717) is 18.7 Å². The van der Waals surface area contributed by atoms with Crippen molar-refractivity contribution in [2.24, 2.45) is 10.2 Å². The minimum Gasteiger partial charge on any atom is -0.461 e. The van der Waals surface area contributed by atoms with Crippen molar-refractivity contribution in [1.29, 1.82) is 5.41 Å². The maximum Gasteiger partial charge on any atom is 0.354 e. The van der Waals surface area contributed by atoms with Crippen LogP contribution >= 0.6 is 0 Å². The zero-order chi connectivity index (χ0) is 34.4. The Balaban J connectivity index is 0.000000198. The first-order chi connectivity index (χ1) is 23.4. The van der Waals surface area contributed by atoms with Crippen LogP contribution in [0.4, 0.5) is 0 Å². The molecule has 10 heteroatoms. The van der Waals surface area contributed by atoms with Crippen LogP contribution in [0.1, 0.15) is 31.4 Å². The van der Waals surface area contributed by atoms with Gasteiger partial charge in [0.05, 0.1) is 31.9 Å². The van der Waals surface area contributed by atoms with Gasteiger partial charge in [0.2, 0.25) is 5.91 Å². The highest BCUT2D eigenvalue weighted by Crippen LogP contribution is 2.19. The number of hydrogen-bond acceptors (Lipinski definition) is 9. The summed E-state index contributed by atoms with van der Waals surface area (Å²) in [5.41, 5.74) is 3.11. The Hall–Kier alpha value is -5.90. The van der Waals surface area contributed by atoms with Crippen molar-refractivity contribution in [3.8, 4) is 11.5 Å². The SMILES string of the molecule is CCOC(=O)C(=N)CNC(=O)Cc1ccccc1.CCOC(=O)C1=NN=C(Cc2ccccc2)C1.c1ccc(Oc2ccccc2)cc1. The number of nitrogens with zero attached hydrogens (tertiary/aromatic N) is 2. The molecule has 48 heavy (non-hydrogen) atoms. The molecule has 0 saturated carbocycles. The number of amides is 1. The van der Waals surface area contributed by atoms with Crippen molar-refractivity contribution >= 4 is 35.0 Å². The van der Waals surface area contributed by atoms with E-state index in [4.69, 9.17) is 14.9 Å². The zero-order valence-corrected chi connectivity index (χ0v) is 27.1. The van der Waals surface area contributed by atoms with Gasteiger partial charge in [0, 0.05) is 12.8 Å². The Morgan fingerprint density at radius 3 is 1.71 bits per heavy atom. The van der Waals surface area contributed by atoms with Crippen molar-refractivity contribution in [2.75, 3.05) is 19.8 Å². The lowest BCUT2D eigenvalue weighted by molar-refractivity contribution is -0.136. The Kier molecular flexibility index (Phi) is 16.0. The minimum absolute atomic E-state index is 0.107. The molecule has 4 aromatic carbocycles. The van der Waals surface area contributed by atoms with E-state index in [-0.39, 0.29) is 37.2 Å². The van der Waals surface area contributed by atoms with Gasteiger partial charge >= 0.3 is 11.9 Å². The molecule has 0 radical (unpaired) electrons. The van der Waals surface area contributed by atoms with Gasteiger partial charge in [0.25, 0.3) is 0 Å². The second kappa shape index (κ2) is 21.0. The first kappa shape index (κ1) is 36.6. The molecule has 0 bridgehead atoms. The van der Waals surface area contributed by atoms with Gasteiger partial charge < -0.3 is 19.5 Å². The quantitative estimate of drug-likeness (QED) is 0.135. The van der Waals surface area contributed by atoms with E-state index in [9.17, 15) is 14.4 Å². The fourth-order valence-corrected chi connectivity index (χ4v) is 4.09. The molecule has 5 rings (SSSR count). The normalized spacial score (nSPS) is 11.2. The van der Waals surface area contributed by atoms with Crippen LogP contribution in [0.15, 0.2) is 132 Å². The number of para-hydroxylation sites is 2. The van der Waals surface area contributed by atoms with Crippen molar-refractivity contribution in [1.82, 2.24) is 5.32 Å². The standard InChI is InChI=1S/C13H16N2O3.C13H14N2O2.C12H10O/c1-2-18-13(17)11(14)9-15-12(16)8-10-6-4-3-5-7-10;1-2-17-13(16)12-9-11(14-15-12)8-10-6-4-3-5-7-10;1-3-7-11(8-4-1)13-12-9-5-2-6-10-12/h3-7,14H,2,8-9H2,1H3,(H,15,16);3-7H,2,8-9H2,1H3;1-10H. The van der Waals surface area contributed by atoms with Gasteiger partial charge in [0.1, 0.15) is 17.2 Å². The van der Waals surface area contributed by atoms with Crippen LogP contribution in [0.5, 0.6) is 11.5 Å². The predicted octanol–water partition coefficient (Wildman–Crippen LogP) is 6.40. The van der Waals surface area contributed by atoms with E-state index in [1.807, 2.05) is 121 Å². The lowest BCUT2D eigenvalue weighted by atomic mass is 10.1. The van der Waals surface area contributed by atoms with Gasteiger partial charge in [-0.3, -0.25) is 10.2 Å². The van der Waals surface area contributed by atoms with Gasteiger partial charge in [-0.2, -0.15) is 5.10 Å². The summed E-state index contributed by atoms with van der Waals surface area (Å²) >= 11 is 0. The van der Waals surface area contributed by atoms with Crippen molar-refractivity contribution in [3.05, 3.63) is 132 Å². The predicted molar refractivity (Wildman–Crippen MR) is 187 cm³/mol. The van der Waals surface area contributed by atoms with E-state index in [1.165, 1.54) is 5.56 Å². The van der Waals surface area contributed by atoms with E-state index >= 15 is 0 Å². The number of carbonyl (C=O) groups excluding carboxylic acids is 3. The van der Waals surface area contributed by atoms with Gasteiger partial charge in [-0.25, -0.2) is 9.59 Å². The van der Waals surface area contributed by atoms with E-state index in [2.05, 4.69) is 20.3 Å². The molecule has 248 valence electrons. The second-order valence-electron chi connectivity index (χ2n) is 10.1. The maximum absolute atomic E-state index is 11.5. The molecule has 0 fully saturated rings. The highest BCUT2D eigenvalue weighted by molar-refractivity contribution is 6.41. The number of nitrogens with one attached hydrogen (secondary N) is 2. The molecule has 1 aliphatic rings. The summed E-state index contributed by atoms with van der Waals surface area (Å²) in [6, 6.07) is 38.8. The smallest absolute Gasteiger partial charge is 0.354 e. The highest BCUT2D eigenvalue weighted by Gasteiger charge is 2.20. The van der Waals surface area contributed by atoms with Crippen LogP contribution in [0, 0.1) is 5.41 Å². The summed E-state index contributed by atoms with van der Waals surface area (Å²) in [7, 11) is 0. The number of hydrogen-bond donors (Lipinski definition) is 2. The van der Waals surface area contributed by atoms with Crippen LogP contribution in [-0.4, -0.2) is 54.7 Å². The fraction of sp³-hybridized carbons (Fsp3) is 0.211. The summed E-state index contributed by atoms with van der Waals surface area (Å²) in [5.74, 6) is 0.453. The topological polar surface area (TPSA) is 140 Å². The average Bonchev–Trinajstić information content (AvgIpc) is 3.58. The Morgan fingerprint density at radius 2 is 1.19 bits per heavy atom. The van der Waals surface area contributed by atoms with Gasteiger partial charge in [0.15, 0.2) is 5.71 Å². The van der Waals surface area contributed by atoms with Crippen LogP contribution < -0.4 is 10.1 Å². The lowest BCUT2D eigenvalue weighted by Gasteiger charge is -2.06. The third-order valence-electron chi connectivity index (χ3n) is 6.36. The molecule has 0 saturated heterocycles. The molecule has 0 aromatic heterocycles. The molecule has 1 amide bonds. The van der Waals surface area contributed by atoms with E-state index in [0.717, 1.165) is 29.2 Å². The Bertz CT molecular complexity index is 1610. The molecule has 2 N–H and O–H groups in total. The average molecular weight is 649 g/mol. The van der Waals surface area contributed by atoms with Crippen molar-refractivity contribution in [3.63, 3.8) is 0 Å². The van der Waals surface area contributed by atoms with Gasteiger partial charge in [-0.05, 0) is 49.2 Å². The first-order valence-corrected chi connectivity index (χ1v) is 15.5. The monoisotopic (exact) mass is 648 g/mol. The second-order valence-corrected chi connectivity index (χ2v) is 10.1. The largest absolute Gasteiger partial charge is 0.461 e. The molecule has 0 atom stereocenters. The number of carbonyl (C=O) groups is 3. The summed E-state index contributed by atoms with van der Waals surface area (Å²) in [5, 5.41) is 17.8. The van der Waals surface area contributed by atoms with Crippen LogP contribution in [0.25, 0.3) is 0 Å². The maximum atomic E-state index is 11.5. The molecular weight excluding hydrogens is 608 g/mol. The lowest BCUT2D eigenvalue weighted by Crippen LogP contribution is -2.34. The third-order valence-corrected chi connectivity index (χ3v) is 6.36. The first-order valence-electron chi connectivity index (χ1n) is 15.5. The summed E-state index contributed by atoms with van der Waals surface area (Å²) in [6.45, 7) is 3.92. The van der Waals surface area contributed by atoms with Gasteiger partial charge in [-0.15, -0.1) is 5.10 Å². The number of rotatable bonds is 12. The number of esters is 2. The number of benzene rings is 4. The molecule has 10 nitrogen and oxygen atoms in total. The minimum atomic E-state index is -0.697. The Morgan fingerprint density at radius 1 is 0.688 bits per heavy atom. The molecule has 4 aromatic rings.